The zero-order chi connectivity index (χ0) is 12.3. The minimum absolute atomic E-state index is 0.335. The van der Waals surface area contributed by atoms with Gasteiger partial charge < -0.3 is 10.1 Å². The Kier molecular flexibility index (Phi) is 4.40. The molecular weight excluding hydrogens is 254 g/mol. The van der Waals surface area contributed by atoms with Gasteiger partial charge in [-0.15, -0.1) is 11.3 Å². The number of nitrogens with one attached hydrogen (secondary N) is 1. The molecule has 1 heterocycles. The maximum Gasteiger partial charge on any atom is 0.0636 e. The third-order valence-electron chi connectivity index (χ3n) is 2.63. The first kappa shape index (κ1) is 12.8. The lowest BCUT2D eigenvalue weighted by Gasteiger charge is -2.11. The van der Waals surface area contributed by atoms with Gasteiger partial charge in [-0.1, -0.05) is 29.8 Å². The molecule has 2 rings (SSSR count). The van der Waals surface area contributed by atoms with Gasteiger partial charge in [-0.05, 0) is 13.0 Å². The number of hydrogen-bond donors (Lipinski definition) is 1. The van der Waals surface area contributed by atoms with Gasteiger partial charge in [0.25, 0.3) is 0 Å². The van der Waals surface area contributed by atoms with E-state index in [1.165, 1.54) is 9.58 Å². The standard InChI is InChI=1S/C13H16ClNOS/c1-9(8-16-2)15-7-12-13(14)10-5-3-4-6-11(10)17-12/h3-6,9,15H,7-8H2,1-2H3. The smallest absolute Gasteiger partial charge is 0.0636 e. The second kappa shape index (κ2) is 5.83. The molecule has 0 radical (unpaired) electrons. The van der Waals surface area contributed by atoms with E-state index in [0.717, 1.165) is 17.0 Å². The minimum Gasteiger partial charge on any atom is -0.383 e. The molecule has 0 bridgehead atoms. The Morgan fingerprint density at radius 2 is 2.18 bits per heavy atom. The zero-order valence-electron chi connectivity index (χ0n) is 10.00. The molecular formula is C13H16ClNOS. The molecule has 1 aromatic carbocycles. The summed E-state index contributed by atoms with van der Waals surface area (Å²) < 4.78 is 6.33. The molecule has 0 spiro atoms. The van der Waals surface area contributed by atoms with Crippen LogP contribution in [0.4, 0.5) is 0 Å². The molecule has 1 unspecified atom stereocenters. The summed E-state index contributed by atoms with van der Waals surface area (Å²) in [6, 6.07) is 8.57. The predicted molar refractivity (Wildman–Crippen MR) is 75.0 cm³/mol. The molecule has 1 atom stereocenters. The fourth-order valence-corrected chi connectivity index (χ4v) is 3.20. The lowest BCUT2D eigenvalue weighted by Crippen LogP contribution is -2.29. The number of fused-ring (bicyclic) bond motifs is 1. The summed E-state index contributed by atoms with van der Waals surface area (Å²) in [5.74, 6) is 0. The van der Waals surface area contributed by atoms with Crippen LogP contribution in [0.25, 0.3) is 10.1 Å². The van der Waals surface area contributed by atoms with Crippen molar-refractivity contribution in [2.45, 2.75) is 19.5 Å². The van der Waals surface area contributed by atoms with Crippen molar-refractivity contribution < 1.29 is 4.74 Å². The fourth-order valence-electron chi connectivity index (χ4n) is 1.75. The van der Waals surface area contributed by atoms with Crippen molar-refractivity contribution in [1.29, 1.82) is 0 Å². The molecule has 0 aliphatic rings. The van der Waals surface area contributed by atoms with E-state index >= 15 is 0 Å². The summed E-state index contributed by atoms with van der Waals surface area (Å²) in [7, 11) is 1.71. The van der Waals surface area contributed by atoms with Crippen LogP contribution in [0.5, 0.6) is 0 Å². The first-order valence-corrected chi connectivity index (χ1v) is 6.80. The van der Waals surface area contributed by atoms with Crippen molar-refractivity contribution in [2.75, 3.05) is 13.7 Å². The molecule has 17 heavy (non-hydrogen) atoms. The van der Waals surface area contributed by atoms with Crippen molar-refractivity contribution in [1.82, 2.24) is 5.32 Å². The Hall–Kier alpha value is -0.610. The average molecular weight is 270 g/mol. The van der Waals surface area contributed by atoms with Gasteiger partial charge in [0.2, 0.25) is 0 Å². The highest BCUT2D eigenvalue weighted by molar-refractivity contribution is 7.19. The van der Waals surface area contributed by atoms with Gasteiger partial charge >= 0.3 is 0 Å². The second-order valence-electron chi connectivity index (χ2n) is 4.07. The van der Waals surface area contributed by atoms with Crippen LogP contribution in [0.1, 0.15) is 11.8 Å². The monoisotopic (exact) mass is 269 g/mol. The van der Waals surface area contributed by atoms with E-state index in [4.69, 9.17) is 16.3 Å². The lowest BCUT2D eigenvalue weighted by atomic mass is 10.2. The van der Waals surface area contributed by atoms with Gasteiger partial charge in [0.05, 0.1) is 11.6 Å². The van der Waals surface area contributed by atoms with Crippen molar-refractivity contribution in [2.24, 2.45) is 0 Å². The van der Waals surface area contributed by atoms with E-state index in [2.05, 4.69) is 24.4 Å². The molecule has 0 aliphatic carbocycles. The summed E-state index contributed by atoms with van der Waals surface area (Å²) >= 11 is 8.11. The largest absolute Gasteiger partial charge is 0.383 e. The van der Waals surface area contributed by atoms with Gasteiger partial charge in [-0.2, -0.15) is 0 Å². The maximum atomic E-state index is 6.36. The van der Waals surface area contributed by atoms with E-state index in [-0.39, 0.29) is 0 Å². The number of hydrogen-bond acceptors (Lipinski definition) is 3. The molecule has 1 aromatic heterocycles. The topological polar surface area (TPSA) is 21.3 Å². The maximum absolute atomic E-state index is 6.36. The molecule has 0 saturated heterocycles. The molecule has 0 amide bonds. The molecule has 4 heteroatoms. The Balaban J connectivity index is 2.11. The number of thiophene rings is 1. The van der Waals surface area contributed by atoms with Crippen LogP contribution in [0, 0.1) is 0 Å². The number of methoxy groups -OCH3 is 1. The van der Waals surface area contributed by atoms with Crippen LogP contribution in [-0.4, -0.2) is 19.8 Å². The Morgan fingerprint density at radius 1 is 1.41 bits per heavy atom. The highest BCUT2D eigenvalue weighted by atomic mass is 35.5. The molecule has 0 aliphatic heterocycles. The second-order valence-corrected chi connectivity index (χ2v) is 5.59. The van der Waals surface area contributed by atoms with Gasteiger partial charge in [0.1, 0.15) is 0 Å². The van der Waals surface area contributed by atoms with Gasteiger partial charge in [-0.25, -0.2) is 0 Å². The third-order valence-corrected chi connectivity index (χ3v) is 4.34. The molecule has 0 saturated carbocycles. The van der Waals surface area contributed by atoms with Crippen molar-refractivity contribution in [3.05, 3.63) is 34.2 Å². The summed E-state index contributed by atoms with van der Waals surface area (Å²) in [5.41, 5.74) is 0. The lowest BCUT2D eigenvalue weighted by molar-refractivity contribution is 0.172. The van der Waals surface area contributed by atoms with Crippen LogP contribution < -0.4 is 5.32 Å². The zero-order valence-corrected chi connectivity index (χ0v) is 11.6. The van der Waals surface area contributed by atoms with E-state index in [0.29, 0.717) is 12.6 Å². The molecule has 2 nitrogen and oxygen atoms in total. The Labute approximate surface area is 111 Å². The average Bonchev–Trinajstić information content (AvgIpc) is 2.65. The number of rotatable bonds is 5. The van der Waals surface area contributed by atoms with Gasteiger partial charge in [-0.3, -0.25) is 0 Å². The highest BCUT2D eigenvalue weighted by Gasteiger charge is 2.10. The Morgan fingerprint density at radius 3 is 2.88 bits per heavy atom. The molecule has 0 fully saturated rings. The Bertz CT molecular complexity index is 497. The van der Waals surface area contributed by atoms with Gasteiger partial charge in [0, 0.05) is 34.7 Å². The van der Waals surface area contributed by atoms with E-state index < -0.39 is 0 Å². The van der Waals surface area contributed by atoms with Crippen molar-refractivity contribution in [3.8, 4) is 0 Å². The number of ether oxygens (including phenoxy) is 1. The summed E-state index contributed by atoms with van der Waals surface area (Å²) in [6.07, 6.45) is 0. The quantitative estimate of drug-likeness (QED) is 0.894. The summed E-state index contributed by atoms with van der Waals surface area (Å²) in [6.45, 7) is 3.61. The highest BCUT2D eigenvalue weighted by Crippen LogP contribution is 2.34. The van der Waals surface area contributed by atoms with Crippen LogP contribution in [0.15, 0.2) is 24.3 Å². The van der Waals surface area contributed by atoms with E-state index in [1.807, 2.05) is 12.1 Å². The first-order valence-electron chi connectivity index (χ1n) is 5.60. The van der Waals surface area contributed by atoms with Crippen LogP contribution >= 0.6 is 22.9 Å². The number of benzene rings is 1. The molecule has 2 aromatic rings. The van der Waals surface area contributed by atoms with Crippen molar-refractivity contribution >= 4 is 33.0 Å². The number of halogens is 1. The van der Waals surface area contributed by atoms with E-state index in [9.17, 15) is 0 Å². The van der Waals surface area contributed by atoms with Crippen LogP contribution in [-0.2, 0) is 11.3 Å². The van der Waals surface area contributed by atoms with Gasteiger partial charge in [0.15, 0.2) is 0 Å². The summed E-state index contributed by atoms with van der Waals surface area (Å²) in [5, 5.41) is 5.43. The summed E-state index contributed by atoms with van der Waals surface area (Å²) in [4.78, 5) is 1.19. The van der Waals surface area contributed by atoms with Crippen LogP contribution in [0.2, 0.25) is 5.02 Å². The van der Waals surface area contributed by atoms with Crippen LogP contribution in [0.3, 0.4) is 0 Å². The first-order chi connectivity index (χ1) is 8.22. The minimum atomic E-state index is 0.335. The van der Waals surface area contributed by atoms with Crippen molar-refractivity contribution in [3.63, 3.8) is 0 Å². The van der Waals surface area contributed by atoms with E-state index in [1.54, 1.807) is 18.4 Å². The fraction of sp³-hybridized carbons (Fsp3) is 0.385. The molecule has 1 N–H and O–H groups in total. The molecule has 92 valence electrons. The normalized spacial score (nSPS) is 13.1. The predicted octanol–water partition coefficient (Wildman–Crippen LogP) is 3.68. The SMILES string of the molecule is COCC(C)NCc1sc2ccccc2c1Cl. The third kappa shape index (κ3) is 2.99.